The van der Waals surface area contributed by atoms with Gasteiger partial charge in [0, 0.05) is 29.8 Å². The summed E-state index contributed by atoms with van der Waals surface area (Å²) in [5.41, 5.74) is 2.27. The van der Waals surface area contributed by atoms with Crippen molar-refractivity contribution in [1.29, 1.82) is 0 Å². The van der Waals surface area contributed by atoms with Gasteiger partial charge in [0.2, 0.25) is 11.7 Å². The number of anilines is 2. The fraction of sp³-hybridized carbons (Fsp3) is 0.674. The van der Waals surface area contributed by atoms with Crippen molar-refractivity contribution >= 4 is 40.3 Å². The molecule has 4 aliphatic carbocycles. The fourth-order valence-corrected chi connectivity index (χ4v) is 9.48. The number of hydrogen-bond donors (Lipinski definition) is 2. The van der Waals surface area contributed by atoms with E-state index in [9.17, 15) is 19.5 Å². The first kappa shape index (κ1) is 37.3. The second-order valence-electron chi connectivity index (χ2n) is 16.7. The molecule has 278 valence electrons. The molecule has 1 aliphatic heterocycles. The normalized spacial score (nSPS) is 22.6. The van der Waals surface area contributed by atoms with Crippen LogP contribution in [0.5, 0.6) is 0 Å². The molecule has 51 heavy (non-hydrogen) atoms. The van der Waals surface area contributed by atoms with Gasteiger partial charge in [-0.05, 0) is 94.7 Å². The molecule has 0 radical (unpaired) electrons. The molecular weight excluding hydrogens is 636 g/mol. The molecule has 0 saturated heterocycles. The molecule has 8 heteroatoms. The minimum absolute atomic E-state index is 0.0304. The number of hydrazone groups is 1. The third-order valence-corrected chi connectivity index (χ3v) is 13.0. The Morgan fingerprint density at radius 1 is 0.922 bits per heavy atom. The molecule has 8 nitrogen and oxygen atoms in total. The molecule has 3 fully saturated rings. The minimum atomic E-state index is -0.618. The molecule has 1 heterocycles. The van der Waals surface area contributed by atoms with Crippen LogP contribution in [0.1, 0.15) is 149 Å². The number of benzene rings is 1. The van der Waals surface area contributed by atoms with Crippen molar-refractivity contribution in [2.75, 3.05) is 23.3 Å². The number of ketones is 1. The van der Waals surface area contributed by atoms with Crippen LogP contribution >= 0.6 is 0 Å². The van der Waals surface area contributed by atoms with Crippen LogP contribution < -0.4 is 10.2 Å². The van der Waals surface area contributed by atoms with Crippen molar-refractivity contribution in [2.45, 2.75) is 150 Å². The average molecular weight is 699 g/mol. The molecule has 0 aromatic heterocycles. The summed E-state index contributed by atoms with van der Waals surface area (Å²) in [6.07, 6.45) is 20.0. The van der Waals surface area contributed by atoms with Crippen LogP contribution in [0.3, 0.4) is 0 Å². The van der Waals surface area contributed by atoms with Crippen molar-refractivity contribution in [3.63, 3.8) is 0 Å². The number of amides is 2. The van der Waals surface area contributed by atoms with Crippen LogP contribution in [-0.2, 0) is 14.4 Å². The zero-order valence-electron chi connectivity index (χ0n) is 32.0. The molecule has 3 saturated carbocycles. The van der Waals surface area contributed by atoms with Gasteiger partial charge >= 0.3 is 0 Å². The van der Waals surface area contributed by atoms with E-state index >= 15 is 0 Å². The van der Waals surface area contributed by atoms with Gasteiger partial charge in [-0.15, -0.1) is 0 Å². The Hall–Kier alpha value is -3.42. The van der Waals surface area contributed by atoms with Gasteiger partial charge < -0.3 is 15.3 Å². The van der Waals surface area contributed by atoms with E-state index in [-0.39, 0.29) is 46.1 Å². The van der Waals surface area contributed by atoms with Crippen molar-refractivity contribution in [3.8, 4) is 0 Å². The van der Waals surface area contributed by atoms with Gasteiger partial charge in [-0.25, -0.2) is 5.01 Å². The molecule has 0 unspecified atom stereocenters. The van der Waals surface area contributed by atoms with Crippen LogP contribution in [-0.4, -0.2) is 52.6 Å². The summed E-state index contributed by atoms with van der Waals surface area (Å²) in [7, 11) is 0. The SMILES string of the molecule is CCN(CCCC1CCCC1)c1ccc(C2=C(O)C(=C3C(=O)N(C(C4CCCCC4)C4CCCCC4)N=C3C)C2=O)c(NC(=O)C(C)(C)CC)c1. The van der Waals surface area contributed by atoms with Gasteiger partial charge in [0.05, 0.1) is 34.2 Å². The molecule has 6 rings (SSSR count). The highest BCUT2D eigenvalue weighted by Crippen LogP contribution is 2.45. The summed E-state index contributed by atoms with van der Waals surface area (Å²) in [6.45, 7) is 11.5. The van der Waals surface area contributed by atoms with Crippen LogP contribution in [0.4, 0.5) is 11.4 Å². The smallest absolute Gasteiger partial charge is 0.277 e. The van der Waals surface area contributed by atoms with E-state index in [1.54, 1.807) is 11.9 Å². The lowest BCUT2D eigenvalue weighted by molar-refractivity contribution is -0.131. The zero-order chi connectivity index (χ0) is 36.3. The van der Waals surface area contributed by atoms with E-state index in [2.05, 4.69) is 17.1 Å². The zero-order valence-corrected chi connectivity index (χ0v) is 32.0. The van der Waals surface area contributed by atoms with Crippen molar-refractivity contribution < 1.29 is 19.5 Å². The van der Waals surface area contributed by atoms with Gasteiger partial charge in [0.25, 0.3) is 5.91 Å². The summed E-state index contributed by atoms with van der Waals surface area (Å²) in [6, 6.07) is 5.82. The third-order valence-electron chi connectivity index (χ3n) is 13.0. The predicted octanol–water partition coefficient (Wildman–Crippen LogP) is 9.75. The first-order chi connectivity index (χ1) is 24.6. The highest BCUT2D eigenvalue weighted by Gasteiger charge is 2.47. The lowest BCUT2D eigenvalue weighted by Gasteiger charge is -2.41. The summed E-state index contributed by atoms with van der Waals surface area (Å²) < 4.78 is 0. The Labute approximate surface area is 306 Å². The Morgan fingerprint density at radius 3 is 2.10 bits per heavy atom. The lowest BCUT2D eigenvalue weighted by atomic mass is 9.73. The number of nitrogens with zero attached hydrogens (tertiary/aromatic N) is 3. The number of Topliss-reactive ketones (excluding diaryl/α,β-unsaturated/α-hetero) is 1. The number of hydrogen-bond acceptors (Lipinski definition) is 6. The van der Waals surface area contributed by atoms with Crippen molar-refractivity contribution in [2.24, 2.45) is 28.3 Å². The molecule has 1 aromatic rings. The standard InChI is InChI=1S/C43H62N4O4/c1-6-43(4,5)42(51)44-34-27-32(46(7-2)26-16-19-29-17-14-15-18-29)24-25-33(34)36-39(48)37(40(36)49)35-28(3)45-47(41(35)50)38(30-20-10-8-11-21-30)31-22-12-9-13-23-31/h24-25,27,29-31,38,48H,6-23,26H2,1-5H3,(H,44,51). The number of aliphatic hydroxyl groups excluding tert-OH is 1. The van der Waals surface area contributed by atoms with Crippen LogP contribution in [0.15, 0.2) is 40.2 Å². The maximum absolute atomic E-state index is 14.3. The number of aliphatic hydroxyl groups is 1. The topological polar surface area (TPSA) is 102 Å². The highest BCUT2D eigenvalue weighted by atomic mass is 16.3. The quantitative estimate of drug-likeness (QED) is 0.200. The summed E-state index contributed by atoms with van der Waals surface area (Å²) in [5.74, 6) is 0.691. The Bertz CT molecular complexity index is 1550. The van der Waals surface area contributed by atoms with Crippen LogP contribution in [0.25, 0.3) is 5.57 Å². The second kappa shape index (κ2) is 16.1. The summed E-state index contributed by atoms with van der Waals surface area (Å²) in [5, 5.41) is 21.4. The molecule has 0 bridgehead atoms. The van der Waals surface area contributed by atoms with Gasteiger partial charge in [0.15, 0.2) is 0 Å². The van der Waals surface area contributed by atoms with E-state index < -0.39 is 5.41 Å². The first-order valence-electron chi connectivity index (χ1n) is 20.4. The maximum Gasteiger partial charge on any atom is 0.277 e. The van der Waals surface area contributed by atoms with Crippen molar-refractivity contribution in [3.05, 3.63) is 40.7 Å². The molecule has 1 aromatic carbocycles. The maximum atomic E-state index is 14.3. The lowest BCUT2D eigenvalue weighted by Crippen LogP contribution is -2.46. The Morgan fingerprint density at radius 2 is 1.53 bits per heavy atom. The first-order valence-corrected chi connectivity index (χ1v) is 20.4. The molecule has 2 amide bonds. The summed E-state index contributed by atoms with van der Waals surface area (Å²) >= 11 is 0. The molecule has 0 atom stereocenters. The van der Waals surface area contributed by atoms with E-state index in [1.807, 2.05) is 39.0 Å². The van der Waals surface area contributed by atoms with Crippen molar-refractivity contribution in [1.82, 2.24) is 5.01 Å². The molecule has 2 N–H and O–H groups in total. The van der Waals surface area contributed by atoms with E-state index in [0.29, 0.717) is 35.2 Å². The monoisotopic (exact) mass is 698 g/mol. The van der Waals surface area contributed by atoms with Crippen LogP contribution in [0, 0.1) is 23.2 Å². The Balaban J connectivity index is 1.31. The number of allylic oxidation sites excluding steroid dienone is 2. The number of carbonyl (C=O) groups excluding carboxylic acids is 3. The number of rotatable bonds is 13. The highest BCUT2D eigenvalue weighted by molar-refractivity contribution is 6.44. The fourth-order valence-electron chi connectivity index (χ4n) is 9.48. The average Bonchev–Trinajstić information content (AvgIpc) is 3.76. The van der Waals surface area contributed by atoms with Gasteiger partial charge in [-0.1, -0.05) is 85.0 Å². The largest absolute Gasteiger partial charge is 0.506 e. The molecule has 0 spiro atoms. The second-order valence-corrected chi connectivity index (χ2v) is 16.7. The summed E-state index contributed by atoms with van der Waals surface area (Å²) in [4.78, 5) is 44.3. The third kappa shape index (κ3) is 7.71. The minimum Gasteiger partial charge on any atom is -0.506 e. The Kier molecular flexibility index (Phi) is 11.8. The number of carbonyl (C=O) groups is 3. The molecular formula is C43H62N4O4. The van der Waals surface area contributed by atoms with Gasteiger partial charge in [-0.2, -0.15) is 5.10 Å². The van der Waals surface area contributed by atoms with Crippen LogP contribution in [0.2, 0.25) is 0 Å². The number of nitrogens with one attached hydrogen (secondary N) is 1. The van der Waals surface area contributed by atoms with E-state index in [1.165, 1.54) is 70.6 Å². The van der Waals surface area contributed by atoms with E-state index in [0.717, 1.165) is 56.8 Å². The van der Waals surface area contributed by atoms with Gasteiger partial charge in [-0.3, -0.25) is 14.4 Å². The molecule has 5 aliphatic rings. The van der Waals surface area contributed by atoms with Gasteiger partial charge in [0.1, 0.15) is 5.76 Å². The predicted molar refractivity (Wildman–Crippen MR) is 207 cm³/mol. The van der Waals surface area contributed by atoms with E-state index in [4.69, 9.17) is 5.10 Å².